The topological polar surface area (TPSA) is 44.8 Å². The van der Waals surface area contributed by atoms with Crippen molar-refractivity contribution in [1.82, 2.24) is 0 Å². The lowest BCUT2D eigenvalue weighted by atomic mass is 10.1. The fourth-order valence-corrected chi connectivity index (χ4v) is 3.38. The molecular formula is C20H15FO4S. The van der Waals surface area contributed by atoms with Gasteiger partial charge in [0, 0.05) is 16.7 Å². The van der Waals surface area contributed by atoms with E-state index in [9.17, 15) is 9.18 Å². The van der Waals surface area contributed by atoms with E-state index < -0.39 is 18.1 Å². The van der Waals surface area contributed by atoms with Crippen molar-refractivity contribution in [2.24, 2.45) is 0 Å². The number of fused-ring (bicyclic) bond motifs is 1. The van der Waals surface area contributed by atoms with Crippen LogP contribution in [-0.4, -0.2) is 5.97 Å². The fraction of sp³-hybridized carbons (Fsp3) is 0.150. The Morgan fingerprint density at radius 3 is 2.81 bits per heavy atom. The van der Waals surface area contributed by atoms with Gasteiger partial charge >= 0.3 is 5.97 Å². The van der Waals surface area contributed by atoms with Crippen LogP contribution in [-0.2, 0) is 22.7 Å². The van der Waals surface area contributed by atoms with Gasteiger partial charge in [-0.2, -0.15) is 0 Å². The molecule has 1 unspecified atom stereocenters. The van der Waals surface area contributed by atoms with E-state index >= 15 is 0 Å². The molecule has 1 atom stereocenters. The normalized spacial score (nSPS) is 15.8. The average Bonchev–Trinajstić information content (AvgIpc) is 3.21. The van der Waals surface area contributed by atoms with Gasteiger partial charge < -0.3 is 14.2 Å². The van der Waals surface area contributed by atoms with Gasteiger partial charge in [-0.3, -0.25) is 0 Å². The van der Waals surface area contributed by atoms with Gasteiger partial charge in [0.25, 0.3) is 0 Å². The summed E-state index contributed by atoms with van der Waals surface area (Å²) in [6, 6.07) is 15.7. The second-order valence-electron chi connectivity index (χ2n) is 5.78. The van der Waals surface area contributed by atoms with E-state index in [2.05, 4.69) is 0 Å². The standard InChI is InChI=1S/C20H15FO4S/c21-16-9-14(11-23-19(22)17-7-4-8-26-17)18-15(10-16)12-24-20(25-18)13-5-2-1-3-6-13/h1-10,20H,11-12H2. The molecule has 0 spiro atoms. The predicted octanol–water partition coefficient (Wildman–Crippen LogP) is 4.85. The summed E-state index contributed by atoms with van der Waals surface area (Å²) in [4.78, 5) is 12.5. The zero-order valence-electron chi connectivity index (χ0n) is 13.7. The lowest BCUT2D eigenvalue weighted by Gasteiger charge is -2.28. The Balaban J connectivity index is 1.56. The van der Waals surface area contributed by atoms with Crippen molar-refractivity contribution in [2.45, 2.75) is 19.5 Å². The van der Waals surface area contributed by atoms with E-state index in [0.717, 1.165) is 5.56 Å². The molecule has 1 aliphatic heterocycles. The number of halogens is 1. The molecular weight excluding hydrogens is 355 g/mol. The van der Waals surface area contributed by atoms with Crippen LogP contribution in [0.2, 0.25) is 0 Å². The minimum Gasteiger partial charge on any atom is -0.460 e. The molecule has 26 heavy (non-hydrogen) atoms. The molecule has 0 saturated heterocycles. The number of esters is 1. The molecule has 1 aromatic heterocycles. The monoisotopic (exact) mass is 370 g/mol. The Morgan fingerprint density at radius 1 is 1.19 bits per heavy atom. The molecule has 0 aliphatic carbocycles. The number of hydrogen-bond acceptors (Lipinski definition) is 5. The van der Waals surface area contributed by atoms with Crippen molar-refractivity contribution in [3.63, 3.8) is 0 Å². The first-order chi connectivity index (χ1) is 12.7. The third-order valence-electron chi connectivity index (χ3n) is 3.98. The molecule has 0 amide bonds. The lowest BCUT2D eigenvalue weighted by Crippen LogP contribution is -2.19. The zero-order valence-corrected chi connectivity index (χ0v) is 14.5. The number of rotatable bonds is 4. The van der Waals surface area contributed by atoms with Crippen molar-refractivity contribution in [1.29, 1.82) is 0 Å². The van der Waals surface area contributed by atoms with Crippen LogP contribution < -0.4 is 4.74 Å². The first-order valence-electron chi connectivity index (χ1n) is 8.06. The van der Waals surface area contributed by atoms with Crippen LogP contribution in [0.4, 0.5) is 4.39 Å². The predicted molar refractivity (Wildman–Crippen MR) is 94.4 cm³/mol. The summed E-state index contributed by atoms with van der Waals surface area (Å²) in [5, 5.41) is 1.80. The summed E-state index contributed by atoms with van der Waals surface area (Å²) < 4.78 is 30.9. The molecule has 0 N–H and O–H groups in total. The Bertz CT molecular complexity index is 909. The van der Waals surface area contributed by atoms with Crippen LogP contribution in [0.5, 0.6) is 5.75 Å². The second-order valence-corrected chi connectivity index (χ2v) is 6.73. The third kappa shape index (κ3) is 3.47. The molecule has 1 aliphatic rings. The number of hydrogen-bond donors (Lipinski definition) is 0. The maximum Gasteiger partial charge on any atom is 0.348 e. The highest BCUT2D eigenvalue weighted by Crippen LogP contribution is 2.36. The molecule has 4 rings (SSSR count). The lowest BCUT2D eigenvalue weighted by molar-refractivity contribution is -0.112. The van der Waals surface area contributed by atoms with Crippen LogP contribution in [0.25, 0.3) is 0 Å². The Kier molecular flexibility index (Phi) is 4.69. The van der Waals surface area contributed by atoms with Crippen molar-refractivity contribution in [3.8, 4) is 5.75 Å². The smallest absolute Gasteiger partial charge is 0.348 e. The number of benzene rings is 2. The van der Waals surface area contributed by atoms with Gasteiger partial charge in [0.1, 0.15) is 23.1 Å². The van der Waals surface area contributed by atoms with Gasteiger partial charge in [-0.05, 0) is 23.6 Å². The molecule has 4 nitrogen and oxygen atoms in total. The maximum atomic E-state index is 13.9. The van der Waals surface area contributed by atoms with E-state index in [0.29, 0.717) is 21.8 Å². The maximum absolute atomic E-state index is 13.9. The van der Waals surface area contributed by atoms with Crippen LogP contribution >= 0.6 is 11.3 Å². The first-order valence-corrected chi connectivity index (χ1v) is 8.94. The Morgan fingerprint density at radius 2 is 2.04 bits per heavy atom. The van der Waals surface area contributed by atoms with Crippen LogP contribution in [0.15, 0.2) is 60.0 Å². The molecule has 2 aromatic carbocycles. The van der Waals surface area contributed by atoms with E-state index in [4.69, 9.17) is 14.2 Å². The van der Waals surface area contributed by atoms with Crippen molar-refractivity contribution >= 4 is 17.3 Å². The van der Waals surface area contributed by atoms with Crippen LogP contribution in [0, 0.1) is 5.82 Å². The van der Waals surface area contributed by atoms with Crippen molar-refractivity contribution in [3.05, 3.63) is 87.4 Å². The molecule has 0 bridgehead atoms. The Hall–Kier alpha value is -2.70. The average molecular weight is 370 g/mol. The highest BCUT2D eigenvalue weighted by atomic mass is 32.1. The van der Waals surface area contributed by atoms with Crippen LogP contribution in [0.3, 0.4) is 0 Å². The summed E-state index contributed by atoms with van der Waals surface area (Å²) in [5.74, 6) is -0.355. The summed E-state index contributed by atoms with van der Waals surface area (Å²) in [7, 11) is 0. The van der Waals surface area contributed by atoms with Crippen LogP contribution in [0.1, 0.15) is 32.7 Å². The van der Waals surface area contributed by atoms with Gasteiger partial charge in [-0.25, -0.2) is 9.18 Å². The molecule has 6 heteroatoms. The molecule has 132 valence electrons. The van der Waals surface area contributed by atoms with E-state index in [-0.39, 0.29) is 13.2 Å². The summed E-state index contributed by atoms with van der Waals surface area (Å²) in [5.41, 5.74) is 1.94. The quantitative estimate of drug-likeness (QED) is 0.616. The molecule has 0 saturated carbocycles. The number of thiophene rings is 1. The van der Waals surface area contributed by atoms with Gasteiger partial charge in [-0.15, -0.1) is 11.3 Å². The second kappa shape index (κ2) is 7.27. The first kappa shape index (κ1) is 16.8. The van der Waals surface area contributed by atoms with E-state index in [1.807, 2.05) is 30.3 Å². The largest absolute Gasteiger partial charge is 0.460 e. The summed E-state index contributed by atoms with van der Waals surface area (Å²) >= 11 is 1.30. The molecule has 2 heterocycles. The number of carbonyl (C=O) groups is 1. The molecule has 3 aromatic rings. The highest BCUT2D eigenvalue weighted by molar-refractivity contribution is 7.11. The molecule has 0 radical (unpaired) electrons. The Labute approximate surface area is 153 Å². The van der Waals surface area contributed by atoms with Gasteiger partial charge in [-0.1, -0.05) is 36.4 Å². The van der Waals surface area contributed by atoms with Crippen molar-refractivity contribution in [2.75, 3.05) is 0 Å². The number of carbonyl (C=O) groups excluding carboxylic acids is 1. The summed E-state index contributed by atoms with van der Waals surface area (Å²) in [6.45, 7) is 0.150. The van der Waals surface area contributed by atoms with Gasteiger partial charge in [0.15, 0.2) is 0 Å². The SMILES string of the molecule is O=C(OCc1cc(F)cc2c1OC(c1ccccc1)OC2)c1cccs1. The zero-order chi connectivity index (χ0) is 17.9. The minimum atomic E-state index is -0.582. The fourth-order valence-electron chi connectivity index (χ4n) is 2.77. The van der Waals surface area contributed by atoms with Gasteiger partial charge in [0.05, 0.1) is 6.61 Å². The van der Waals surface area contributed by atoms with Crippen molar-refractivity contribution < 1.29 is 23.4 Å². The summed E-state index contributed by atoms with van der Waals surface area (Å²) in [6.07, 6.45) is -0.582. The minimum absolute atomic E-state index is 0.0711. The highest BCUT2D eigenvalue weighted by Gasteiger charge is 2.25. The van der Waals surface area contributed by atoms with E-state index in [1.54, 1.807) is 17.5 Å². The third-order valence-corrected chi connectivity index (χ3v) is 4.83. The molecule has 0 fully saturated rings. The van der Waals surface area contributed by atoms with Gasteiger partial charge in [0.2, 0.25) is 6.29 Å². The number of ether oxygens (including phenoxy) is 3. The van der Waals surface area contributed by atoms with E-state index in [1.165, 1.54) is 23.5 Å².